The SMILES string of the molecule is C=C1CCC(C)N1C[C@H](O)c1ccc(-n2cnnn2)nc1. The number of hydrogen-bond acceptors (Lipinski definition) is 6. The molecule has 2 atom stereocenters. The van der Waals surface area contributed by atoms with Gasteiger partial charge in [-0.15, -0.1) is 5.10 Å². The lowest BCUT2D eigenvalue weighted by Crippen LogP contribution is -2.30. The van der Waals surface area contributed by atoms with Crippen LogP contribution < -0.4 is 0 Å². The molecule has 0 spiro atoms. The quantitative estimate of drug-likeness (QED) is 0.906. The van der Waals surface area contributed by atoms with Crippen LogP contribution in [-0.2, 0) is 0 Å². The Morgan fingerprint density at radius 1 is 1.48 bits per heavy atom. The van der Waals surface area contributed by atoms with Crippen LogP contribution in [0, 0.1) is 0 Å². The van der Waals surface area contributed by atoms with Gasteiger partial charge < -0.3 is 10.0 Å². The maximum absolute atomic E-state index is 10.4. The molecule has 2 aromatic heterocycles. The van der Waals surface area contributed by atoms with Crippen molar-refractivity contribution in [3.05, 3.63) is 42.5 Å². The van der Waals surface area contributed by atoms with E-state index >= 15 is 0 Å². The standard InChI is InChI=1S/C14H18N6O/c1-10-3-4-11(2)19(10)8-13(21)12-5-6-14(15-7-12)20-9-16-17-18-20/h5-7,9,11,13,21H,1,3-4,8H2,2H3/t11?,13-/m0/s1. The molecule has 0 saturated carbocycles. The molecule has 21 heavy (non-hydrogen) atoms. The number of aliphatic hydroxyl groups excluding tert-OH is 1. The van der Waals surface area contributed by atoms with Crippen LogP contribution in [0.4, 0.5) is 0 Å². The molecule has 0 aliphatic carbocycles. The Labute approximate surface area is 122 Å². The smallest absolute Gasteiger partial charge is 0.156 e. The van der Waals surface area contributed by atoms with Gasteiger partial charge in [-0.1, -0.05) is 12.6 Å². The van der Waals surface area contributed by atoms with Crippen LogP contribution in [0.15, 0.2) is 36.9 Å². The molecule has 7 heteroatoms. The highest BCUT2D eigenvalue weighted by Crippen LogP contribution is 2.28. The van der Waals surface area contributed by atoms with E-state index in [2.05, 4.69) is 38.9 Å². The fourth-order valence-corrected chi connectivity index (χ4v) is 2.58. The zero-order valence-corrected chi connectivity index (χ0v) is 11.9. The van der Waals surface area contributed by atoms with Gasteiger partial charge in [-0.3, -0.25) is 0 Å². The van der Waals surface area contributed by atoms with E-state index in [1.807, 2.05) is 6.07 Å². The number of hydrogen-bond donors (Lipinski definition) is 1. The maximum Gasteiger partial charge on any atom is 0.156 e. The maximum atomic E-state index is 10.4. The third kappa shape index (κ3) is 2.78. The summed E-state index contributed by atoms with van der Waals surface area (Å²) in [6, 6.07) is 4.07. The van der Waals surface area contributed by atoms with Gasteiger partial charge in [-0.25, -0.2) is 4.98 Å². The van der Waals surface area contributed by atoms with Gasteiger partial charge in [0.15, 0.2) is 5.82 Å². The third-order valence-electron chi connectivity index (χ3n) is 3.90. The lowest BCUT2D eigenvalue weighted by molar-refractivity contribution is 0.123. The van der Waals surface area contributed by atoms with Crippen molar-refractivity contribution in [1.29, 1.82) is 0 Å². The minimum atomic E-state index is -0.585. The predicted octanol–water partition coefficient (Wildman–Crippen LogP) is 1.09. The molecule has 1 aliphatic heterocycles. The van der Waals surface area contributed by atoms with E-state index in [4.69, 9.17) is 0 Å². The summed E-state index contributed by atoms with van der Waals surface area (Å²) >= 11 is 0. The number of pyridine rings is 1. The van der Waals surface area contributed by atoms with E-state index in [1.165, 1.54) is 11.0 Å². The van der Waals surface area contributed by atoms with Crippen LogP contribution in [0.25, 0.3) is 5.82 Å². The monoisotopic (exact) mass is 286 g/mol. The van der Waals surface area contributed by atoms with Gasteiger partial charge in [-0.05, 0) is 36.3 Å². The van der Waals surface area contributed by atoms with Crippen molar-refractivity contribution < 1.29 is 5.11 Å². The van der Waals surface area contributed by atoms with Crippen LogP contribution in [0.3, 0.4) is 0 Å². The summed E-state index contributed by atoms with van der Waals surface area (Å²) in [6.45, 7) is 6.76. The number of aromatic nitrogens is 5. The molecule has 1 unspecified atom stereocenters. The van der Waals surface area contributed by atoms with Crippen LogP contribution in [0.1, 0.15) is 31.4 Å². The first-order chi connectivity index (χ1) is 10.1. The summed E-state index contributed by atoms with van der Waals surface area (Å²) in [5.74, 6) is 0.620. The summed E-state index contributed by atoms with van der Waals surface area (Å²) in [4.78, 5) is 6.44. The molecule has 1 N–H and O–H groups in total. The minimum absolute atomic E-state index is 0.431. The summed E-state index contributed by atoms with van der Waals surface area (Å²) in [7, 11) is 0. The van der Waals surface area contributed by atoms with E-state index < -0.39 is 6.10 Å². The van der Waals surface area contributed by atoms with Crippen molar-refractivity contribution in [1.82, 2.24) is 30.1 Å². The molecule has 1 saturated heterocycles. The number of aliphatic hydroxyl groups is 1. The summed E-state index contributed by atoms with van der Waals surface area (Å²) < 4.78 is 1.47. The number of tetrazole rings is 1. The van der Waals surface area contributed by atoms with Gasteiger partial charge in [0, 0.05) is 30.0 Å². The highest BCUT2D eigenvalue weighted by molar-refractivity contribution is 5.25. The average Bonchev–Trinajstić information content (AvgIpc) is 3.13. The molecule has 0 radical (unpaired) electrons. The van der Waals surface area contributed by atoms with Crippen molar-refractivity contribution in [2.24, 2.45) is 0 Å². The number of β-amino-alcohol motifs (C(OH)–C–C–N with tert-alkyl or cyclic N) is 1. The summed E-state index contributed by atoms with van der Waals surface area (Å²) in [5.41, 5.74) is 1.87. The molecular weight excluding hydrogens is 268 g/mol. The van der Waals surface area contributed by atoms with Crippen molar-refractivity contribution in [2.45, 2.75) is 31.9 Å². The lowest BCUT2D eigenvalue weighted by Gasteiger charge is -2.27. The Kier molecular flexibility index (Phi) is 3.66. The Balaban J connectivity index is 1.70. The largest absolute Gasteiger partial charge is 0.387 e. The third-order valence-corrected chi connectivity index (χ3v) is 3.90. The van der Waals surface area contributed by atoms with Gasteiger partial charge in [0.05, 0.1) is 6.10 Å². The fourth-order valence-electron chi connectivity index (χ4n) is 2.58. The molecular formula is C14H18N6O. The highest BCUT2D eigenvalue weighted by atomic mass is 16.3. The first kappa shape index (κ1) is 13.7. The second-order valence-electron chi connectivity index (χ2n) is 5.33. The Hall–Kier alpha value is -2.28. The summed E-state index contributed by atoms with van der Waals surface area (Å²) in [6.07, 6.45) is 4.66. The predicted molar refractivity (Wildman–Crippen MR) is 76.5 cm³/mol. The van der Waals surface area contributed by atoms with Gasteiger partial charge in [0.2, 0.25) is 0 Å². The molecule has 1 fully saturated rings. The Morgan fingerprint density at radius 3 is 2.90 bits per heavy atom. The van der Waals surface area contributed by atoms with Crippen LogP contribution in [-0.4, -0.2) is 47.8 Å². The zero-order chi connectivity index (χ0) is 14.8. The number of rotatable bonds is 4. The van der Waals surface area contributed by atoms with Gasteiger partial charge in [0.1, 0.15) is 6.33 Å². The van der Waals surface area contributed by atoms with Crippen LogP contribution in [0.2, 0.25) is 0 Å². The molecule has 7 nitrogen and oxygen atoms in total. The summed E-state index contributed by atoms with van der Waals surface area (Å²) in [5, 5.41) is 21.3. The van der Waals surface area contributed by atoms with E-state index in [9.17, 15) is 5.11 Å². The molecule has 3 rings (SSSR count). The molecule has 3 heterocycles. The van der Waals surface area contributed by atoms with Gasteiger partial charge in [0.25, 0.3) is 0 Å². The Bertz CT molecular complexity index is 609. The second-order valence-corrected chi connectivity index (χ2v) is 5.33. The zero-order valence-electron chi connectivity index (χ0n) is 11.9. The first-order valence-corrected chi connectivity index (χ1v) is 6.97. The van der Waals surface area contributed by atoms with E-state index in [0.29, 0.717) is 18.4 Å². The lowest BCUT2D eigenvalue weighted by atomic mass is 10.1. The van der Waals surface area contributed by atoms with E-state index in [0.717, 1.165) is 24.1 Å². The number of allylic oxidation sites excluding steroid dienone is 1. The van der Waals surface area contributed by atoms with Crippen molar-refractivity contribution in [2.75, 3.05) is 6.54 Å². The molecule has 0 aromatic carbocycles. The topological polar surface area (TPSA) is 80.0 Å². The van der Waals surface area contributed by atoms with Crippen molar-refractivity contribution in [3.63, 3.8) is 0 Å². The number of nitrogens with zero attached hydrogens (tertiary/aromatic N) is 6. The minimum Gasteiger partial charge on any atom is -0.387 e. The van der Waals surface area contributed by atoms with Crippen molar-refractivity contribution >= 4 is 0 Å². The molecule has 0 amide bonds. The van der Waals surface area contributed by atoms with Crippen LogP contribution >= 0.6 is 0 Å². The van der Waals surface area contributed by atoms with E-state index in [-0.39, 0.29) is 0 Å². The average molecular weight is 286 g/mol. The molecule has 1 aliphatic rings. The normalized spacial score (nSPS) is 20.0. The molecule has 0 bridgehead atoms. The number of likely N-dealkylation sites (tertiary alicyclic amines) is 1. The molecule has 110 valence electrons. The first-order valence-electron chi connectivity index (χ1n) is 6.97. The van der Waals surface area contributed by atoms with Crippen LogP contribution in [0.5, 0.6) is 0 Å². The van der Waals surface area contributed by atoms with Gasteiger partial charge in [-0.2, -0.15) is 4.68 Å². The Morgan fingerprint density at radius 2 is 2.33 bits per heavy atom. The highest BCUT2D eigenvalue weighted by Gasteiger charge is 2.25. The van der Waals surface area contributed by atoms with E-state index in [1.54, 1.807) is 12.3 Å². The second kappa shape index (κ2) is 5.61. The fraction of sp³-hybridized carbons (Fsp3) is 0.429. The van der Waals surface area contributed by atoms with Crippen molar-refractivity contribution in [3.8, 4) is 5.82 Å². The van der Waals surface area contributed by atoms with Gasteiger partial charge >= 0.3 is 0 Å². The molecule has 2 aromatic rings.